The molecule has 7 rings (SSSR count). The van der Waals surface area contributed by atoms with E-state index in [2.05, 4.69) is 34.1 Å². The van der Waals surface area contributed by atoms with Crippen molar-refractivity contribution in [2.75, 3.05) is 13.1 Å². The van der Waals surface area contributed by atoms with Crippen LogP contribution in [0.5, 0.6) is 0 Å². The van der Waals surface area contributed by atoms with Gasteiger partial charge in [0.1, 0.15) is 5.82 Å². The van der Waals surface area contributed by atoms with E-state index in [0.29, 0.717) is 11.0 Å². The van der Waals surface area contributed by atoms with E-state index < -0.39 is 0 Å². The fraction of sp³-hybridized carbons (Fsp3) is 0.182. The third-order valence-electron chi connectivity index (χ3n) is 7.85. The lowest BCUT2D eigenvalue weighted by Gasteiger charge is -2.32. The number of aromatic nitrogens is 4. The first kappa shape index (κ1) is 24.4. The molecule has 0 bridgehead atoms. The summed E-state index contributed by atoms with van der Waals surface area (Å²) in [6, 6.07) is 31.0. The van der Waals surface area contributed by atoms with Gasteiger partial charge >= 0.3 is 5.69 Å². The molecular formula is C33H28FN5O. The van der Waals surface area contributed by atoms with Crippen molar-refractivity contribution in [3.63, 3.8) is 0 Å². The number of likely N-dealkylation sites (tertiary alicyclic amines) is 1. The second kappa shape index (κ2) is 10.2. The second-order valence-electron chi connectivity index (χ2n) is 10.4. The Morgan fingerprint density at radius 3 is 2.23 bits per heavy atom. The lowest BCUT2D eigenvalue weighted by atomic mass is 10.0. The van der Waals surface area contributed by atoms with Crippen molar-refractivity contribution in [2.45, 2.75) is 25.4 Å². The van der Waals surface area contributed by atoms with Gasteiger partial charge in [0.2, 0.25) is 0 Å². The summed E-state index contributed by atoms with van der Waals surface area (Å²) in [6.07, 6.45) is 1.87. The van der Waals surface area contributed by atoms with E-state index in [-0.39, 0.29) is 17.5 Å². The summed E-state index contributed by atoms with van der Waals surface area (Å²) in [7, 11) is 0. The number of H-pyrrole nitrogens is 1. The highest BCUT2D eigenvalue weighted by molar-refractivity contribution is 5.86. The SMILES string of the molecule is O=c1[nH]c2ccccc2n1C1CCN(Cc2ccc(-c3nc4cc(F)ccc4nc3-c3ccccc3)cc2)CC1. The van der Waals surface area contributed by atoms with Gasteiger partial charge in [0.25, 0.3) is 0 Å². The minimum absolute atomic E-state index is 0.0235. The van der Waals surface area contributed by atoms with Crippen molar-refractivity contribution in [1.29, 1.82) is 0 Å². The van der Waals surface area contributed by atoms with Crippen LogP contribution in [0.1, 0.15) is 24.4 Å². The van der Waals surface area contributed by atoms with Gasteiger partial charge in [-0.3, -0.25) is 9.47 Å². The Morgan fingerprint density at radius 2 is 1.45 bits per heavy atom. The Kier molecular flexibility index (Phi) is 6.21. The molecule has 0 amide bonds. The van der Waals surface area contributed by atoms with Crippen molar-refractivity contribution >= 4 is 22.1 Å². The van der Waals surface area contributed by atoms with Gasteiger partial charge < -0.3 is 4.98 Å². The van der Waals surface area contributed by atoms with Crippen LogP contribution in [0.15, 0.2) is 102 Å². The minimum atomic E-state index is -0.325. The maximum absolute atomic E-state index is 14.0. The van der Waals surface area contributed by atoms with Crippen molar-refractivity contribution in [1.82, 2.24) is 24.4 Å². The van der Waals surface area contributed by atoms with E-state index in [9.17, 15) is 9.18 Å². The van der Waals surface area contributed by atoms with E-state index in [4.69, 9.17) is 9.97 Å². The zero-order valence-electron chi connectivity index (χ0n) is 21.9. The number of fused-ring (bicyclic) bond motifs is 2. The Labute approximate surface area is 230 Å². The van der Waals surface area contributed by atoms with E-state index in [1.165, 1.54) is 17.7 Å². The molecule has 0 spiro atoms. The van der Waals surface area contributed by atoms with E-state index in [1.54, 1.807) is 6.07 Å². The molecular weight excluding hydrogens is 501 g/mol. The van der Waals surface area contributed by atoms with Crippen molar-refractivity contribution < 1.29 is 4.39 Å². The molecule has 1 saturated heterocycles. The molecule has 40 heavy (non-hydrogen) atoms. The van der Waals surface area contributed by atoms with Crippen LogP contribution in [0.25, 0.3) is 44.6 Å². The summed E-state index contributed by atoms with van der Waals surface area (Å²) in [5.41, 5.74) is 7.70. The van der Waals surface area contributed by atoms with Crippen LogP contribution < -0.4 is 5.69 Å². The monoisotopic (exact) mass is 529 g/mol. The van der Waals surface area contributed by atoms with Gasteiger partial charge in [0, 0.05) is 42.9 Å². The maximum Gasteiger partial charge on any atom is 0.326 e. The molecule has 3 heterocycles. The summed E-state index contributed by atoms with van der Waals surface area (Å²) in [5, 5.41) is 0. The number of aromatic amines is 1. The number of nitrogens with one attached hydrogen (secondary N) is 1. The molecule has 1 aliphatic rings. The molecule has 1 aliphatic heterocycles. The number of imidazole rings is 1. The van der Waals surface area contributed by atoms with Crippen LogP contribution in [-0.4, -0.2) is 37.5 Å². The molecule has 7 heteroatoms. The quantitative estimate of drug-likeness (QED) is 0.274. The van der Waals surface area contributed by atoms with Crippen LogP contribution in [0.4, 0.5) is 4.39 Å². The average molecular weight is 530 g/mol. The number of hydrogen-bond acceptors (Lipinski definition) is 4. The molecule has 198 valence electrons. The van der Waals surface area contributed by atoms with Gasteiger partial charge in [-0.2, -0.15) is 0 Å². The first-order chi connectivity index (χ1) is 19.6. The predicted octanol–water partition coefficient (Wildman–Crippen LogP) is 6.58. The molecule has 0 aliphatic carbocycles. The van der Waals surface area contributed by atoms with Gasteiger partial charge in [0.05, 0.1) is 33.5 Å². The minimum Gasteiger partial charge on any atom is -0.306 e. The summed E-state index contributed by atoms with van der Waals surface area (Å²) in [4.78, 5) is 27.8. The molecule has 1 fully saturated rings. The fourth-order valence-electron chi connectivity index (χ4n) is 5.82. The van der Waals surface area contributed by atoms with E-state index >= 15 is 0 Å². The highest BCUT2D eigenvalue weighted by Gasteiger charge is 2.23. The average Bonchev–Trinajstić information content (AvgIpc) is 3.33. The Hall–Kier alpha value is -4.62. The highest BCUT2D eigenvalue weighted by atomic mass is 19.1. The van der Waals surface area contributed by atoms with Gasteiger partial charge in [-0.05, 0) is 42.7 Å². The van der Waals surface area contributed by atoms with Gasteiger partial charge in [-0.15, -0.1) is 0 Å². The summed E-state index contributed by atoms with van der Waals surface area (Å²) >= 11 is 0. The Bertz CT molecular complexity index is 1870. The first-order valence-electron chi connectivity index (χ1n) is 13.7. The summed E-state index contributed by atoms with van der Waals surface area (Å²) in [6.45, 7) is 2.70. The number of para-hydroxylation sites is 2. The lowest BCUT2D eigenvalue weighted by Crippen LogP contribution is -2.36. The molecule has 0 atom stereocenters. The summed E-state index contributed by atoms with van der Waals surface area (Å²) < 4.78 is 15.9. The Morgan fingerprint density at radius 1 is 0.775 bits per heavy atom. The number of benzene rings is 4. The molecule has 0 unspecified atom stereocenters. The molecule has 6 nitrogen and oxygen atoms in total. The standard InChI is InChI=1S/C33H28FN5O/c34-25-14-15-27-29(20-25)36-32(31(35-27)23-6-2-1-3-7-23)24-12-10-22(11-13-24)21-38-18-16-26(17-19-38)39-30-9-5-4-8-28(30)37-33(39)40/h1-15,20,26H,16-19,21H2,(H,37,40). The maximum atomic E-state index is 14.0. The van der Waals surface area contributed by atoms with Crippen molar-refractivity contribution in [2.24, 2.45) is 0 Å². The fourth-order valence-corrected chi connectivity index (χ4v) is 5.82. The number of hydrogen-bond donors (Lipinski definition) is 1. The smallest absolute Gasteiger partial charge is 0.306 e. The molecule has 6 aromatic rings. The zero-order chi connectivity index (χ0) is 27.1. The van der Waals surface area contributed by atoms with Crippen molar-refractivity contribution in [3.8, 4) is 22.5 Å². The summed E-state index contributed by atoms with van der Waals surface area (Å²) in [5.74, 6) is -0.325. The normalized spacial score (nSPS) is 14.7. The molecule has 0 radical (unpaired) electrons. The molecule has 0 saturated carbocycles. The second-order valence-corrected chi connectivity index (χ2v) is 10.4. The largest absolute Gasteiger partial charge is 0.326 e. The number of nitrogens with zero attached hydrogens (tertiary/aromatic N) is 4. The molecule has 1 N–H and O–H groups in total. The van der Waals surface area contributed by atoms with E-state index in [0.717, 1.165) is 66.0 Å². The van der Waals surface area contributed by atoms with Gasteiger partial charge in [-0.1, -0.05) is 66.7 Å². The van der Waals surface area contributed by atoms with Crippen LogP contribution >= 0.6 is 0 Å². The van der Waals surface area contributed by atoms with E-state index in [1.807, 2.05) is 59.2 Å². The third-order valence-corrected chi connectivity index (χ3v) is 7.85. The highest BCUT2D eigenvalue weighted by Crippen LogP contribution is 2.32. The first-order valence-corrected chi connectivity index (χ1v) is 13.7. The molecule has 4 aromatic carbocycles. The number of halogens is 1. The predicted molar refractivity (Wildman–Crippen MR) is 156 cm³/mol. The number of piperidine rings is 1. The molecule has 2 aromatic heterocycles. The third kappa shape index (κ3) is 4.58. The van der Waals surface area contributed by atoms with Gasteiger partial charge in [-0.25, -0.2) is 19.2 Å². The topological polar surface area (TPSA) is 66.8 Å². The van der Waals surface area contributed by atoms with Crippen molar-refractivity contribution in [3.05, 3.63) is 119 Å². The van der Waals surface area contributed by atoms with Gasteiger partial charge in [0.15, 0.2) is 0 Å². The Balaban J connectivity index is 1.11. The number of rotatable bonds is 5. The van der Waals surface area contributed by atoms with Crippen LogP contribution in [0, 0.1) is 5.82 Å². The lowest BCUT2D eigenvalue weighted by molar-refractivity contribution is 0.180. The van der Waals surface area contributed by atoms with Crippen LogP contribution in [0.3, 0.4) is 0 Å². The van der Waals surface area contributed by atoms with Crippen LogP contribution in [-0.2, 0) is 6.54 Å². The van der Waals surface area contributed by atoms with Crippen LogP contribution in [0.2, 0.25) is 0 Å². The zero-order valence-corrected chi connectivity index (χ0v) is 21.9.